The Labute approximate surface area is 128 Å². The van der Waals surface area contributed by atoms with E-state index in [9.17, 15) is 9.59 Å². The van der Waals surface area contributed by atoms with Crippen LogP contribution in [0.1, 0.15) is 16.1 Å². The van der Waals surface area contributed by atoms with Gasteiger partial charge in [0.25, 0.3) is 5.91 Å². The average Bonchev–Trinajstić information content (AvgIpc) is 2.55. The number of hydrogen-bond acceptors (Lipinski definition) is 4. The first-order valence-electron chi connectivity index (χ1n) is 7.30. The Morgan fingerprint density at radius 2 is 2.00 bits per heavy atom. The van der Waals surface area contributed by atoms with Gasteiger partial charge < -0.3 is 14.8 Å². The van der Waals surface area contributed by atoms with Crippen molar-refractivity contribution < 1.29 is 4.79 Å². The fraction of sp³-hybridized carbons (Fsp3) is 0.312. The number of anilines is 1. The molecule has 3 rings (SSSR count). The third-order valence-electron chi connectivity index (χ3n) is 3.83. The molecule has 114 valence electrons. The van der Waals surface area contributed by atoms with Crippen LogP contribution in [0.2, 0.25) is 0 Å². The number of H-pyrrole nitrogens is 1. The van der Waals surface area contributed by atoms with Gasteiger partial charge in [-0.25, -0.2) is 4.98 Å². The third-order valence-corrected chi connectivity index (χ3v) is 3.83. The molecule has 1 N–H and O–H groups in total. The zero-order valence-electron chi connectivity index (χ0n) is 12.5. The van der Waals surface area contributed by atoms with E-state index in [1.807, 2.05) is 18.2 Å². The Morgan fingerprint density at radius 3 is 2.64 bits per heavy atom. The minimum absolute atomic E-state index is 0.205. The largest absolute Gasteiger partial charge is 0.364 e. The van der Waals surface area contributed by atoms with Crippen molar-refractivity contribution in [3.63, 3.8) is 0 Å². The van der Waals surface area contributed by atoms with E-state index in [1.54, 1.807) is 18.0 Å². The molecule has 2 aromatic heterocycles. The Hall–Kier alpha value is -2.63. The summed E-state index contributed by atoms with van der Waals surface area (Å²) >= 11 is 0. The van der Waals surface area contributed by atoms with Gasteiger partial charge in [0.15, 0.2) is 5.43 Å². The smallest absolute Gasteiger partial charge is 0.259 e. The van der Waals surface area contributed by atoms with Crippen molar-refractivity contribution in [1.82, 2.24) is 14.9 Å². The molecule has 6 heteroatoms. The van der Waals surface area contributed by atoms with Gasteiger partial charge in [-0.2, -0.15) is 0 Å². The molecule has 22 heavy (non-hydrogen) atoms. The lowest BCUT2D eigenvalue weighted by atomic mass is 10.2. The van der Waals surface area contributed by atoms with Crippen LogP contribution in [-0.4, -0.2) is 47.0 Å². The molecule has 1 amide bonds. The van der Waals surface area contributed by atoms with E-state index in [-0.39, 0.29) is 16.9 Å². The SMILES string of the molecule is Cc1cc(=O)c(C(=O)N2CCN(c3ccccn3)CC2)c[nH]1. The number of aromatic amines is 1. The van der Waals surface area contributed by atoms with Gasteiger partial charge >= 0.3 is 0 Å². The Balaban J connectivity index is 1.68. The number of carbonyl (C=O) groups is 1. The molecule has 2 aromatic rings. The van der Waals surface area contributed by atoms with E-state index in [1.165, 1.54) is 12.3 Å². The van der Waals surface area contributed by atoms with Crippen molar-refractivity contribution in [3.05, 3.63) is 58.1 Å². The minimum atomic E-state index is -0.228. The quantitative estimate of drug-likeness (QED) is 0.899. The first-order valence-corrected chi connectivity index (χ1v) is 7.30. The van der Waals surface area contributed by atoms with Crippen LogP contribution in [0.3, 0.4) is 0 Å². The molecular weight excluding hydrogens is 280 g/mol. The summed E-state index contributed by atoms with van der Waals surface area (Å²) in [5, 5.41) is 0. The number of pyridine rings is 2. The predicted molar refractivity (Wildman–Crippen MR) is 84.2 cm³/mol. The molecule has 1 fully saturated rings. The van der Waals surface area contributed by atoms with Crippen molar-refractivity contribution in [2.24, 2.45) is 0 Å². The summed E-state index contributed by atoms with van der Waals surface area (Å²) in [6, 6.07) is 7.25. The lowest BCUT2D eigenvalue weighted by molar-refractivity contribution is 0.0745. The summed E-state index contributed by atoms with van der Waals surface area (Å²) in [5.74, 6) is 0.713. The van der Waals surface area contributed by atoms with Gasteiger partial charge in [0.05, 0.1) is 0 Å². The second-order valence-electron chi connectivity index (χ2n) is 5.36. The summed E-state index contributed by atoms with van der Waals surface area (Å²) in [6.45, 7) is 4.39. The first-order chi connectivity index (χ1) is 10.6. The van der Waals surface area contributed by atoms with Crippen molar-refractivity contribution in [2.75, 3.05) is 31.1 Å². The number of hydrogen-bond donors (Lipinski definition) is 1. The second kappa shape index (κ2) is 6.01. The minimum Gasteiger partial charge on any atom is -0.364 e. The Bertz CT molecular complexity index is 718. The molecule has 0 unspecified atom stereocenters. The molecule has 1 aliphatic heterocycles. The topological polar surface area (TPSA) is 69.3 Å². The van der Waals surface area contributed by atoms with Crippen molar-refractivity contribution in [2.45, 2.75) is 6.92 Å². The third kappa shape index (κ3) is 2.86. The highest BCUT2D eigenvalue weighted by molar-refractivity contribution is 5.94. The molecule has 6 nitrogen and oxygen atoms in total. The van der Waals surface area contributed by atoms with E-state index < -0.39 is 0 Å². The van der Waals surface area contributed by atoms with E-state index in [0.717, 1.165) is 11.5 Å². The highest BCUT2D eigenvalue weighted by atomic mass is 16.2. The zero-order chi connectivity index (χ0) is 15.5. The summed E-state index contributed by atoms with van der Waals surface area (Å²) in [5.41, 5.74) is 0.729. The van der Waals surface area contributed by atoms with Crippen molar-refractivity contribution >= 4 is 11.7 Å². The molecule has 0 radical (unpaired) electrons. The van der Waals surface area contributed by atoms with Crippen LogP contribution in [0.4, 0.5) is 5.82 Å². The van der Waals surface area contributed by atoms with E-state index in [0.29, 0.717) is 26.2 Å². The molecule has 1 saturated heterocycles. The van der Waals surface area contributed by atoms with Crippen LogP contribution >= 0.6 is 0 Å². The van der Waals surface area contributed by atoms with Crippen LogP contribution in [0.5, 0.6) is 0 Å². The molecule has 1 aliphatic rings. The molecule has 0 bridgehead atoms. The van der Waals surface area contributed by atoms with Gasteiger partial charge in [0.1, 0.15) is 11.4 Å². The number of nitrogens with one attached hydrogen (secondary N) is 1. The summed E-state index contributed by atoms with van der Waals surface area (Å²) in [7, 11) is 0. The van der Waals surface area contributed by atoms with Gasteiger partial charge in [-0.05, 0) is 19.1 Å². The molecule has 0 atom stereocenters. The second-order valence-corrected chi connectivity index (χ2v) is 5.36. The fourth-order valence-corrected chi connectivity index (χ4v) is 2.59. The molecule has 0 spiro atoms. The first kappa shape index (κ1) is 14.3. The van der Waals surface area contributed by atoms with Gasteiger partial charge in [-0.1, -0.05) is 6.07 Å². The van der Waals surface area contributed by atoms with Crippen LogP contribution < -0.4 is 10.3 Å². The number of rotatable bonds is 2. The van der Waals surface area contributed by atoms with Gasteiger partial charge in [0, 0.05) is 50.3 Å². The predicted octanol–water partition coefficient (Wildman–Crippen LogP) is 1.04. The number of amides is 1. The summed E-state index contributed by atoms with van der Waals surface area (Å²) in [4.78, 5) is 35.5. The molecular formula is C16H18N4O2. The molecule has 0 saturated carbocycles. The van der Waals surface area contributed by atoms with Crippen molar-refractivity contribution in [3.8, 4) is 0 Å². The van der Waals surface area contributed by atoms with Crippen LogP contribution in [0.15, 0.2) is 41.5 Å². The molecule has 0 aromatic carbocycles. The monoisotopic (exact) mass is 298 g/mol. The lowest BCUT2D eigenvalue weighted by Crippen LogP contribution is -2.49. The van der Waals surface area contributed by atoms with Crippen molar-refractivity contribution in [1.29, 1.82) is 0 Å². The average molecular weight is 298 g/mol. The Kier molecular flexibility index (Phi) is 3.91. The van der Waals surface area contributed by atoms with E-state index in [4.69, 9.17) is 0 Å². The highest BCUT2D eigenvalue weighted by Crippen LogP contribution is 2.13. The van der Waals surface area contributed by atoms with Gasteiger partial charge in [-0.3, -0.25) is 9.59 Å². The number of nitrogens with zero attached hydrogens (tertiary/aromatic N) is 3. The van der Waals surface area contributed by atoms with Crippen LogP contribution in [0, 0.1) is 6.92 Å². The zero-order valence-corrected chi connectivity index (χ0v) is 12.5. The fourth-order valence-electron chi connectivity index (χ4n) is 2.59. The van der Waals surface area contributed by atoms with E-state index in [2.05, 4.69) is 14.9 Å². The normalized spacial score (nSPS) is 15.0. The molecule has 3 heterocycles. The highest BCUT2D eigenvalue weighted by Gasteiger charge is 2.24. The molecule has 0 aliphatic carbocycles. The Morgan fingerprint density at radius 1 is 1.23 bits per heavy atom. The van der Waals surface area contributed by atoms with Crippen LogP contribution in [-0.2, 0) is 0 Å². The maximum Gasteiger partial charge on any atom is 0.259 e. The van der Waals surface area contributed by atoms with Gasteiger partial charge in [0.2, 0.25) is 0 Å². The number of piperazine rings is 1. The standard InChI is InChI=1S/C16H18N4O2/c1-12-10-14(21)13(11-18-12)16(22)20-8-6-19(7-9-20)15-4-2-3-5-17-15/h2-5,10-11H,6-9H2,1H3,(H,18,21). The number of aryl methyl sites for hydroxylation is 1. The lowest BCUT2D eigenvalue weighted by Gasteiger charge is -2.35. The maximum absolute atomic E-state index is 12.4. The van der Waals surface area contributed by atoms with E-state index >= 15 is 0 Å². The summed E-state index contributed by atoms with van der Waals surface area (Å²) in [6.07, 6.45) is 3.27. The maximum atomic E-state index is 12.4. The number of aromatic nitrogens is 2. The van der Waals surface area contributed by atoms with Crippen LogP contribution in [0.25, 0.3) is 0 Å². The number of carbonyl (C=O) groups excluding carboxylic acids is 1. The summed E-state index contributed by atoms with van der Waals surface area (Å²) < 4.78 is 0. The van der Waals surface area contributed by atoms with Gasteiger partial charge in [-0.15, -0.1) is 0 Å².